The maximum absolute atomic E-state index is 13.1. The van der Waals surface area contributed by atoms with E-state index in [4.69, 9.17) is 4.74 Å². The summed E-state index contributed by atoms with van der Waals surface area (Å²) in [4.78, 5) is 50.8. The standard InChI is InChI=1S/C27H41N3O5/c1-25(2,3)35-24(34)27(6,7)16-26(4,5)17-29-20-12-9-11-18-19(20)15-30(23(18)33)21(13-10-14-31)22(32)28-8/h9,11-12,14,21,29H,10,13,15-17H2,1-8H3,(H,28,32). The quantitative estimate of drug-likeness (QED) is 0.362. The average Bonchev–Trinajstić information content (AvgIpc) is 3.07. The summed E-state index contributed by atoms with van der Waals surface area (Å²) in [6, 6.07) is 4.80. The van der Waals surface area contributed by atoms with Gasteiger partial charge in [0, 0.05) is 43.4 Å². The molecule has 0 aliphatic carbocycles. The zero-order valence-corrected chi connectivity index (χ0v) is 22.4. The molecule has 0 bridgehead atoms. The molecule has 2 amide bonds. The van der Waals surface area contributed by atoms with E-state index in [9.17, 15) is 19.2 Å². The SMILES string of the molecule is CNC(=O)C(CCC=O)N1Cc2c(NCC(C)(C)CC(C)(C)C(=O)OC(C)(C)C)cccc2C1=O. The lowest BCUT2D eigenvalue weighted by Gasteiger charge is -2.35. The molecule has 1 atom stereocenters. The van der Waals surface area contributed by atoms with E-state index in [0.29, 0.717) is 18.5 Å². The molecule has 0 spiro atoms. The summed E-state index contributed by atoms with van der Waals surface area (Å²) in [6.07, 6.45) is 1.84. The third-order valence-electron chi connectivity index (χ3n) is 6.11. The van der Waals surface area contributed by atoms with Crippen molar-refractivity contribution in [3.8, 4) is 0 Å². The lowest BCUT2D eigenvalue weighted by molar-refractivity contribution is -0.167. The molecule has 0 fully saturated rings. The fourth-order valence-electron chi connectivity index (χ4n) is 4.67. The number of aldehydes is 1. The van der Waals surface area contributed by atoms with Crippen LogP contribution in [0, 0.1) is 10.8 Å². The summed E-state index contributed by atoms with van der Waals surface area (Å²) in [7, 11) is 1.53. The molecule has 8 heteroatoms. The number of carbonyl (C=O) groups excluding carboxylic acids is 4. The van der Waals surface area contributed by atoms with Crippen molar-refractivity contribution in [2.75, 3.05) is 18.9 Å². The highest BCUT2D eigenvalue weighted by Gasteiger charge is 2.39. The number of esters is 1. The Morgan fingerprint density at radius 2 is 1.80 bits per heavy atom. The summed E-state index contributed by atoms with van der Waals surface area (Å²) >= 11 is 0. The minimum Gasteiger partial charge on any atom is -0.460 e. The van der Waals surface area contributed by atoms with Gasteiger partial charge in [0.05, 0.1) is 5.41 Å². The van der Waals surface area contributed by atoms with Gasteiger partial charge in [-0.05, 0) is 65.0 Å². The van der Waals surface area contributed by atoms with Crippen molar-refractivity contribution in [2.45, 2.75) is 85.9 Å². The van der Waals surface area contributed by atoms with Crippen LogP contribution < -0.4 is 10.6 Å². The van der Waals surface area contributed by atoms with E-state index in [1.807, 2.05) is 46.8 Å². The van der Waals surface area contributed by atoms with Crippen LogP contribution in [0.5, 0.6) is 0 Å². The van der Waals surface area contributed by atoms with E-state index in [2.05, 4.69) is 24.5 Å². The van der Waals surface area contributed by atoms with Crippen molar-refractivity contribution in [1.29, 1.82) is 0 Å². The van der Waals surface area contributed by atoms with Gasteiger partial charge in [-0.1, -0.05) is 19.9 Å². The fourth-order valence-corrected chi connectivity index (χ4v) is 4.67. The molecule has 1 aromatic rings. The second kappa shape index (κ2) is 10.8. The first kappa shape index (κ1) is 28.3. The highest BCUT2D eigenvalue weighted by molar-refractivity contribution is 6.02. The minimum atomic E-state index is -0.705. The van der Waals surface area contributed by atoms with Crippen molar-refractivity contribution >= 4 is 29.8 Å². The third-order valence-corrected chi connectivity index (χ3v) is 6.11. The van der Waals surface area contributed by atoms with Gasteiger partial charge in [0.25, 0.3) is 5.91 Å². The van der Waals surface area contributed by atoms with Gasteiger partial charge in [0.15, 0.2) is 0 Å². The number of benzene rings is 1. The van der Waals surface area contributed by atoms with Crippen molar-refractivity contribution in [1.82, 2.24) is 10.2 Å². The minimum absolute atomic E-state index is 0.199. The molecule has 1 unspecified atom stereocenters. The van der Waals surface area contributed by atoms with Gasteiger partial charge in [-0.25, -0.2) is 0 Å². The number of hydrogen-bond donors (Lipinski definition) is 2. The third kappa shape index (κ3) is 7.29. The first-order valence-corrected chi connectivity index (χ1v) is 12.2. The van der Waals surface area contributed by atoms with Gasteiger partial charge >= 0.3 is 5.97 Å². The Balaban J connectivity index is 2.16. The maximum Gasteiger partial charge on any atom is 0.312 e. The molecule has 194 valence electrons. The van der Waals surface area contributed by atoms with Crippen LogP contribution in [-0.2, 0) is 25.7 Å². The number of amides is 2. The van der Waals surface area contributed by atoms with Crippen LogP contribution in [0.2, 0.25) is 0 Å². The molecule has 0 aromatic heterocycles. The highest BCUT2D eigenvalue weighted by atomic mass is 16.6. The monoisotopic (exact) mass is 487 g/mol. The van der Waals surface area contributed by atoms with Crippen LogP contribution in [0.1, 0.15) is 83.7 Å². The van der Waals surface area contributed by atoms with Crippen molar-refractivity contribution in [3.63, 3.8) is 0 Å². The molecule has 0 saturated heterocycles. The van der Waals surface area contributed by atoms with Crippen LogP contribution in [0.25, 0.3) is 0 Å². The zero-order chi connectivity index (χ0) is 26.6. The van der Waals surface area contributed by atoms with E-state index < -0.39 is 17.1 Å². The van der Waals surface area contributed by atoms with E-state index in [1.165, 1.54) is 11.9 Å². The number of ether oxygens (including phenoxy) is 1. The molecule has 1 heterocycles. The summed E-state index contributed by atoms with van der Waals surface area (Å²) < 4.78 is 5.62. The van der Waals surface area contributed by atoms with Crippen molar-refractivity contribution in [3.05, 3.63) is 29.3 Å². The van der Waals surface area contributed by atoms with E-state index in [1.54, 1.807) is 6.07 Å². The first-order valence-electron chi connectivity index (χ1n) is 12.2. The molecule has 0 radical (unpaired) electrons. The van der Waals surface area contributed by atoms with Gasteiger partial charge in [-0.3, -0.25) is 14.4 Å². The Morgan fingerprint density at radius 3 is 2.37 bits per heavy atom. The van der Waals surface area contributed by atoms with Crippen LogP contribution in [0.15, 0.2) is 18.2 Å². The van der Waals surface area contributed by atoms with Crippen LogP contribution in [0.4, 0.5) is 5.69 Å². The Labute approximate surface area is 209 Å². The van der Waals surface area contributed by atoms with Gasteiger partial charge < -0.3 is 25.1 Å². The second-order valence-corrected chi connectivity index (χ2v) is 11.7. The molecule has 35 heavy (non-hydrogen) atoms. The van der Waals surface area contributed by atoms with Crippen molar-refractivity contribution < 1.29 is 23.9 Å². The topological polar surface area (TPSA) is 105 Å². The lowest BCUT2D eigenvalue weighted by atomic mass is 9.75. The van der Waals surface area contributed by atoms with Gasteiger partial charge in [0.1, 0.15) is 17.9 Å². The number of nitrogens with one attached hydrogen (secondary N) is 2. The Bertz CT molecular complexity index is 962. The summed E-state index contributed by atoms with van der Waals surface area (Å²) in [6.45, 7) is 14.4. The number of fused-ring (bicyclic) bond motifs is 1. The Morgan fingerprint density at radius 1 is 1.14 bits per heavy atom. The predicted molar refractivity (Wildman–Crippen MR) is 136 cm³/mol. The Hall–Kier alpha value is -2.90. The normalized spacial score (nSPS) is 14.9. The van der Waals surface area contributed by atoms with Crippen molar-refractivity contribution in [2.24, 2.45) is 10.8 Å². The number of likely N-dealkylation sites (N-methyl/N-ethyl adjacent to an activating group) is 1. The van der Waals surface area contributed by atoms with Crippen LogP contribution >= 0.6 is 0 Å². The van der Waals surface area contributed by atoms with E-state index >= 15 is 0 Å². The summed E-state index contributed by atoms with van der Waals surface area (Å²) in [5.74, 6) is -0.725. The fraction of sp³-hybridized carbons (Fsp3) is 0.630. The molecule has 1 aliphatic heterocycles. The second-order valence-electron chi connectivity index (χ2n) is 11.7. The Kier molecular flexibility index (Phi) is 8.74. The molecular formula is C27H41N3O5. The molecule has 2 rings (SSSR count). The number of anilines is 1. The van der Waals surface area contributed by atoms with Gasteiger partial charge in [-0.15, -0.1) is 0 Å². The molecule has 0 saturated carbocycles. The molecule has 2 N–H and O–H groups in total. The predicted octanol–water partition coefficient (Wildman–Crippen LogP) is 3.93. The number of nitrogens with zero attached hydrogens (tertiary/aromatic N) is 1. The number of hydrogen-bond acceptors (Lipinski definition) is 6. The zero-order valence-electron chi connectivity index (χ0n) is 22.4. The van der Waals surface area contributed by atoms with Gasteiger partial charge in [0.2, 0.25) is 5.91 Å². The lowest BCUT2D eigenvalue weighted by Crippen LogP contribution is -2.46. The average molecular weight is 488 g/mol. The van der Waals surface area contributed by atoms with E-state index in [-0.39, 0.29) is 42.6 Å². The van der Waals surface area contributed by atoms with Crippen LogP contribution in [0.3, 0.4) is 0 Å². The molecular weight excluding hydrogens is 446 g/mol. The largest absolute Gasteiger partial charge is 0.460 e. The summed E-state index contributed by atoms with van der Waals surface area (Å²) in [5, 5.41) is 6.07. The maximum atomic E-state index is 13.1. The highest BCUT2D eigenvalue weighted by Crippen LogP contribution is 2.37. The number of rotatable bonds is 11. The smallest absolute Gasteiger partial charge is 0.312 e. The van der Waals surface area contributed by atoms with Crippen LogP contribution in [-0.4, -0.2) is 54.2 Å². The number of carbonyl (C=O) groups is 4. The first-order chi connectivity index (χ1) is 16.1. The van der Waals surface area contributed by atoms with Gasteiger partial charge in [-0.2, -0.15) is 0 Å². The molecule has 1 aliphatic rings. The van der Waals surface area contributed by atoms with E-state index in [0.717, 1.165) is 17.5 Å². The molecule has 8 nitrogen and oxygen atoms in total. The molecule has 1 aromatic carbocycles. The summed E-state index contributed by atoms with van der Waals surface area (Å²) in [5.41, 5.74) is 0.760.